The molecule has 5 rings (SSSR count). The van der Waals surface area contributed by atoms with E-state index in [9.17, 15) is 4.79 Å². The first-order chi connectivity index (χ1) is 17.4. The van der Waals surface area contributed by atoms with Crippen LogP contribution in [0.2, 0.25) is 5.02 Å². The SMILES string of the molecule is COCC(C(=O)OC)N1CCC[C@H]1CN1C[C@@]2(CCCc3cc(Cl)ccc32)COc2ccc(I)cc21. The number of benzene rings is 2. The summed E-state index contributed by atoms with van der Waals surface area (Å²) in [4.78, 5) is 17.4. The van der Waals surface area contributed by atoms with Crippen molar-refractivity contribution in [3.63, 3.8) is 0 Å². The summed E-state index contributed by atoms with van der Waals surface area (Å²) in [6.07, 6.45) is 5.33. The maximum Gasteiger partial charge on any atom is 0.325 e. The number of carbonyl (C=O) groups is 1. The van der Waals surface area contributed by atoms with E-state index in [1.54, 1.807) is 7.11 Å². The molecule has 0 aromatic heterocycles. The molecule has 0 N–H and O–H groups in total. The topological polar surface area (TPSA) is 51.2 Å². The Morgan fingerprint density at radius 2 is 2.11 bits per heavy atom. The minimum Gasteiger partial charge on any atom is -0.490 e. The van der Waals surface area contributed by atoms with Gasteiger partial charge in [0.2, 0.25) is 0 Å². The van der Waals surface area contributed by atoms with Crippen molar-refractivity contribution in [2.75, 3.05) is 52.0 Å². The lowest BCUT2D eigenvalue weighted by molar-refractivity contribution is -0.149. The van der Waals surface area contributed by atoms with Crippen LogP contribution in [0, 0.1) is 3.57 Å². The number of halogens is 2. The molecule has 194 valence electrons. The Hall–Kier alpha value is -1.55. The van der Waals surface area contributed by atoms with Gasteiger partial charge in [-0.1, -0.05) is 17.7 Å². The van der Waals surface area contributed by atoms with Crippen molar-refractivity contribution in [3.8, 4) is 5.75 Å². The summed E-state index contributed by atoms with van der Waals surface area (Å²) in [7, 11) is 3.10. The first-order valence-corrected chi connectivity index (χ1v) is 14.2. The van der Waals surface area contributed by atoms with Gasteiger partial charge in [-0.2, -0.15) is 0 Å². The summed E-state index contributed by atoms with van der Waals surface area (Å²) in [6, 6.07) is 12.6. The molecule has 1 fully saturated rings. The third kappa shape index (κ3) is 5.08. The number of anilines is 1. The number of likely N-dealkylation sites (tertiary alicyclic amines) is 1. The highest BCUT2D eigenvalue weighted by atomic mass is 127. The van der Waals surface area contributed by atoms with Gasteiger partial charge in [0.1, 0.15) is 11.8 Å². The molecular formula is C28H34ClIN2O4. The molecule has 1 unspecified atom stereocenters. The molecule has 36 heavy (non-hydrogen) atoms. The zero-order valence-electron chi connectivity index (χ0n) is 21.0. The zero-order chi connectivity index (χ0) is 25.3. The van der Waals surface area contributed by atoms with Crippen LogP contribution in [0.5, 0.6) is 5.75 Å². The van der Waals surface area contributed by atoms with E-state index in [0.29, 0.717) is 13.2 Å². The van der Waals surface area contributed by atoms with Crippen LogP contribution >= 0.6 is 34.2 Å². The third-order valence-electron chi connectivity index (χ3n) is 8.05. The lowest BCUT2D eigenvalue weighted by Crippen LogP contribution is -2.53. The van der Waals surface area contributed by atoms with Crippen LogP contribution in [0.1, 0.15) is 36.8 Å². The van der Waals surface area contributed by atoms with E-state index in [2.05, 4.69) is 62.7 Å². The monoisotopic (exact) mass is 624 g/mol. The van der Waals surface area contributed by atoms with Gasteiger partial charge in [-0.15, -0.1) is 0 Å². The van der Waals surface area contributed by atoms with Crippen LogP contribution in [0.15, 0.2) is 36.4 Å². The van der Waals surface area contributed by atoms with Crippen LogP contribution in [0.25, 0.3) is 0 Å². The number of aryl methyl sites for hydroxylation is 1. The Labute approximate surface area is 232 Å². The van der Waals surface area contributed by atoms with Crippen molar-refractivity contribution in [1.82, 2.24) is 4.90 Å². The average molecular weight is 625 g/mol. The summed E-state index contributed by atoms with van der Waals surface area (Å²) >= 11 is 8.76. The normalized spacial score (nSPS) is 24.6. The number of hydrogen-bond donors (Lipinski definition) is 0. The van der Waals surface area contributed by atoms with E-state index in [4.69, 9.17) is 25.8 Å². The Bertz CT molecular complexity index is 1110. The van der Waals surface area contributed by atoms with E-state index in [0.717, 1.165) is 68.2 Å². The molecule has 1 saturated heterocycles. The highest BCUT2D eigenvalue weighted by molar-refractivity contribution is 14.1. The second kappa shape index (κ2) is 11.1. The smallest absolute Gasteiger partial charge is 0.325 e. The Morgan fingerprint density at radius 3 is 2.92 bits per heavy atom. The average Bonchev–Trinajstić information content (AvgIpc) is 3.27. The van der Waals surface area contributed by atoms with Gasteiger partial charge in [-0.05, 0) is 103 Å². The molecule has 1 aliphatic carbocycles. The molecule has 3 atom stereocenters. The quantitative estimate of drug-likeness (QED) is 0.331. The molecule has 6 nitrogen and oxygen atoms in total. The van der Waals surface area contributed by atoms with Crippen molar-refractivity contribution < 1.29 is 19.0 Å². The predicted molar refractivity (Wildman–Crippen MR) is 150 cm³/mol. The maximum atomic E-state index is 12.6. The summed E-state index contributed by atoms with van der Waals surface area (Å²) < 4.78 is 18.3. The van der Waals surface area contributed by atoms with Crippen LogP contribution in [-0.2, 0) is 26.1 Å². The summed E-state index contributed by atoms with van der Waals surface area (Å²) in [6.45, 7) is 3.53. The molecule has 0 radical (unpaired) electrons. The van der Waals surface area contributed by atoms with Crippen molar-refractivity contribution in [2.24, 2.45) is 0 Å². The molecule has 1 spiro atoms. The maximum absolute atomic E-state index is 12.6. The van der Waals surface area contributed by atoms with Crippen molar-refractivity contribution in [3.05, 3.63) is 56.1 Å². The molecule has 8 heteroatoms. The second-order valence-electron chi connectivity index (χ2n) is 10.2. The summed E-state index contributed by atoms with van der Waals surface area (Å²) in [5, 5.41) is 0.795. The van der Waals surface area contributed by atoms with E-state index in [-0.39, 0.29) is 17.4 Å². The number of hydrogen-bond acceptors (Lipinski definition) is 6. The number of esters is 1. The number of ether oxygens (including phenoxy) is 3. The predicted octanol–water partition coefficient (Wildman–Crippen LogP) is 5.07. The van der Waals surface area contributed by atoms with Crippen molar-refractivity contribution in [1.29, 1.82) is 0 Å². The fourth-order valence-corrected chi connectivity index (χ4v) is 7.07. The highest BCUT2D eigenvalue weighted by Gasteiger charge is 2.43. The van der Waals surface area contributed by atoms with E-state index in [1.807, 2.05) is 6.07 Å². The zero-order valence-corrected chi connectivity index (χ0v) is 23.9. The van der Waals surface area contributed by atoms with Gasteiger partial charge in [0.25, 0.3) is 0 Å². The molecule has 0 saturated carbocycles. The molecule has 2 heterocycles. The van der Waals surface area contributed by atoms with Gasteiger partial charge in [-0.3, -0.25) is 9.69 Å². The van der Waals surface area contributed by atoms with Crippen LogP contribution in [-0.4, -0.2) is 70.0 Å². The minimum absolute atomic E-state index is 0.111. The minimum atomic E-state index is -0.391. The van der Waals surface area contributed by atoms with Crippen LogP contribution in [0.4, 0.5) is 5.69 Å². The van der Waals surface area contributed by atoms with Gasteiger partial charge < -0.3 is 19.1 Å². The molecule has 2 aromatic carbocycles. The lowest BCUT2D eigenvalue weighted by Gasteiger charge is -2.42. The molecule has 0 bridgehead atoms. The highest BCUT2D eigenvalue weighted by Crippen LogP contribution is 2.45. The molecule has 3 aliphatic rings. The number of nitrogens with zero attached hydrogens (tertiary/aromatic N) is 2. The van der Waals surface area contributed by atoms with Gasteiger partial charge in [0, 0.05) is 40.2 Å². The first-order valence-electron chi connectivity index (χ1n) is 12.7. The molecule has 0 amide bonds. The van der Waals surface area contributed by atoms with E-state index >= 15 is 0 Å². The number of methoxy groups -OCH3 is 2. The van der Waals surface area contributed by atoms with Gasteiger partial charge in [0.15, 0.2) is 0 Å². The van der Waals surface area contributed by atoms with Gasteiger partial charge in [-0.25, -0.2) is 0 Å². The summed E-state index contributed by atoms with van der Waals surface area (Å²) in [5.41, 5.74) is 3.72. The van der Waals surface area contributed by atoms with Crippen molar-refractivity contribution in [2.45, 2.75) is 49.6 Å². The third-order valence-corrected chi connectivity index (χ3v) is 8.96. The number of fused-ring (bicyclic) bond motifs is 3. The van der Waals surface area contributed by atoms with Gasteiger partial charge in [0.05, 0.1) is 26.0 Å². The number of rotatable bonds is 6. The fraction of sp³-hybridized carbons (Fsp3) is 0.536. The molecular weight excluding hydrogens is 591 g/mol. The first kappa shape index (κ1) is 26.1. The fourth-order valence-electron chi connectivity index (χ4n) is 6.40. The van der Waals surface area contributed by atoms with Crippen LogP contribution in [0.3, 0.4) is 0 Å². The molecule has 2 aliphatic heterocycles. The van der Waals surface area contributed by atoms with Gasteiger partial charge >= 0.3 is 5.97 Å². The van der Waals surface area contributed by atoms with E-state index < -0.39 is 6.04 Å². The van der Waals surface area contributed by atoms with Crippen molar-refractivity contribution >= 4 is 45.8 Å². The van der Waals surface area contributed by atoms with Crippen LogP contribution < -0.4 is 9.64 Å². The Kier molecular flexibility index (Phi) is 8.01. The molecule has 2 aromatic rings. The summed E-state index contributed by atoms with van der Waals surface area (Å²) in [5.74, 6) is 0.701. The second-order valence-corrected chi connectivity index (χ2v) is 11.9. The Morgan fingerprint density at radius 1 is 1.25 bits per heavy atom. The largest absolute Gasteiger partial charge is 0.490 e. The number of carbonyl (C=O) groups excluding carboxylic acids is 1. The Balaban J connectivity index is 1.50. The standard InChI is InChI=1S/C28H34ClIN2O4/c1-34-16-25(27(33)35-2)32-12-4-6-22(32)15-31-17-28(18-36-26-10-8-21(30)14-24(26)31)11-3-5-19-13-20(29)7-9-23(19)28/h7-10,13-14,22,25H,3-6,11-12,15-18H2,1-2H3/t22-,25?,28-/m0/s1. The lowest BCUT2D eigenvalue weighted by atomic mass is 9.70. The van der Waals surface area contributed by atoms with E-state index in [1.165, 1.54) is 21.8 Å².